The Kier molecular flexibility index (Phi) is 4.29. The van der Waals surface area contributed by atoms with Crippen molar-refractivity contribution in [1.29, 1.82) is 0 Å². The summed E-state index contributed by atoms with van der Waals surface area (Å²) in [4.78, 5) is 26.5. The van der Waals surface area contributed by atoms with Gasteiger partial charge in [0.15, 0.2) is 11.5 Å². The van der Waals surface area contributed by atoms with E-state index >= 15 is 0 Å². The smallest absolute Gasteiger partial charge is 0.251 e. The van der Waals surface area contributed by atoms with Gasteiger partial charge in [0.2, 0.25) is 11.8 Å². The van der Waals surface area contributed by atoms with Crippen LogP contribution >= 0.6 is 0 Å². The lowest BCUT2D eigenvalue weighted by Crippen LogP contribution is -2.34. The molecule has 0 bridgehead atoms. The van der Waals surface area contributed by atoms with Crippen LogP contribution in [0.3, 0.4) is 0 Å². The maximum Gasteiger partial charge on any atom is 0.251 e. The molecule has 1 aromatic carbocycles. The van der Waals surface area contributed by atoms with Crippen molar-refractivity contribution in [3.05, 3.63) is 18.2 Å². The number of likely N-dealkylation sites (tertiary alicyclic amines) is 1. The summed E-state index contributed by atoms with van der Waals surface area (Å²) in [6.45, 7) is 5.35. The Labute approximate surface area is 153 Å². The molecule has 3 aliphatic rings. The maximum absolute atomic E-state index is 12.6. The number of amides is 2. The number of rotatable bonds is 4. The van der Waals surface area contributed by atoms with Crippen LogP contribution in [0.2, 0.25) is 0 Å². The van der Waals surface area contributed by atoms with Gasteiger partial charge in [-0.05, 0) is 30.9 Å². The third-order valence-electron chi connectivity index (χ3n) is 5.34. The first-order valence-corrected chi connectivity index (χ1v) is 9.55. The highest BCUT2D eigenvalue weighted by atomic mass is 16.7. The SMILES string of the molecule is CC(C)CN1C[C@H](C(=O)Nc2ccc3c(c2)OC2(CCCC2)O3)CC1=O. The first-order valence-electron chi connectivity index (χ1n) is 9.55. The van der Waals surface area contributed by atoms with Gasteiger partial charge in [0.25, 0.3) is 5.79 Å². The van der Waals surface area contributed by atoms with Crippen molar-refractivity contribution in [2.24, 2.45) is 11.8 Å². The Morgan fingerprint density at radius 1 is 1.27 bits per heavy atom. The van der Waals surface area contributed by atoms with Crippen molar-refractivity contribution in [3.63, 3.8) is 0 Å². The topological polar surface area (TPSA) is 67.9 Å². The number of benzene rings is 1. The fraction of sp³-hybridized carbons (Fsp3) is 0.600. The molecule has 2 fully saturated rings. The van der Waals surface area contributed by atoms with Crippen LogP contribution in [0, 0.1) is 11.8 Å². The average Bonchev–Trinajstić information content (AvgIpc) is 3.27. The van der Waals surface area contributed by atoms with Crippen molar-refractivity contribution in [2.75, 3.05) is 18.4 Å². The summed E-state index contributed by atoms with van der Waals surface area (Å²) < 4.78 is 12.0. The molecule has 1 atom stereocenters. The second-order valence-electron chi connectivity index (χ2n) is 8.07. The Morgan fingerprint density at radius 3 is 2.73 bits per heavy atom. The third kappa shape index (κ3) is 3.24. The minimum Gasteiger partial charge on any atom is -0.448 e. The van der Waals surface area contributed by atoms with E-state index in [0.717, 1.165) is 31.4 Å². The maximum atomic E-state index is 12.6. The summed E-state index contributed by atoms with van der Waals surface area (Å²) in [6.07, 6.45) is 4.31. The monoisotopic (exact) mass is 358 g/mol. The summed E-state index contributed by atoms with van der Waals surface area (Å²) in [5, 5.41) is 2.93. The average molecular weight is 358 g/mol. The second kappa shape index (κ2) is 6.49. The Balaban J connectivity index is 1.40. The number of carbonyl (C=O) groups is 2. The van der Waals surface area contributed by atoms with Crippen LogP contribution < -0.4 is 14.8 Å². The predicted molar refractivity (Wildman–Crippen MR) is 97.1 cm³/mol. The zero-order valence-electron chi connectivity index (χ0n) is 15.4. The molecule has 1 spiro atoms. The van der Waals surface area contributed by atoms with E-state index in [2.05, 4.69) is 19.2 Å². The molecule has 0 unspecified atom stereocenters. The summed E-state index contributed by atoms with van der Waals surface area (Å²) >= 11 is 0. The van der Waals surface area contributed by atoms with Gasteiger partial charge in [0.1, 0.15) is 0 Å². The van der Waals surface area contributed by atoms with E-state index in [0.29, 0.717) is 30.4 Å². The molecule has 26 heavy (non-hydrogen) atoms. The van der Waals surface area contributed by atoms with E-state index in [1.54, 1.807) is 4.90 Å². The van der Waals surface area contributed by atoms with Gasteiger partial charge in [0, 0.05) is 44.1 Å². The van der Waals surface area contributed by atoms with E-state index in [4.69, 9.17) is 9.47 Å². The highest BCUT2D eigenvalue weighted by Gasteiger charge is 2.44. The van der Waals surface area contributed by atoms with Crippen LogP contribution in [0.1, 0.15) is 46.0 Å². The molecule has 1 aromatic rings. The van der Waals surface area contributed by atoms with Crippen molar-refractivity contribution in [3.8, 4) is 11.5 Å². The number of carbonyl (C=O) groups excluding carboxylic acids is 2. The van der Waals surface area contributed by atoms with E-state index < -0.39 is 5.79 Å². The highest BCUT2D eigenvalue weighted by Crippen LogP contribution is 2.47. The van der Waals surface area contributed by atoms with E-state index in [1.165, 1.54) is 0 Å². The molecule has 6 nitrogen and oxygen atoms in total. The van der Waals surface area contributed by atoms with Gasteiger partial charge in [-0.3, -0.25) is 9.59 Å². The van der Waals surface area contributed by atoms with Gasteiger partial charge >= 0.3 is 0 Å². The molecule has 1 saturated heterocycles. The highest BCUT2D eigenvalue weighted by molar-refractivity contribution is 5.97. The molecule has 1 N–H and O–H groups in total. The molecular formula is C20H26N2O4. The molecule has 1 aliphatic carbocycles. The predicted octanol–water partition coefficient (Wildman–Crippen LogP) is 3.17. The van der Waals surface area contributed by atoms with Crippen molar-refractivity contribution in [1.82, 2.24) is 4.90 Å². The lowest BCUT2D eigenvalue weighted by molar-refractivity contribution is -0.128. The summed E-state index contributed by atoms with van der Waals surface area (Å²) in [5.41, 5.74) is 0.683. The number of fused-ring (bicyclic) bond motifs is 1. The molecule has 2 heterocycles. The lowest BCUT2D eigenvalue weighted by Gasteiger charge is -2.21. The fourth-order valence-corrected chi connectivity index (χ4v) is 4.10. The molecular weight excluding hydrogens is 332 g/mol. The van der Waals surface area contributed by atoms with Gasteiger partial charge < -0.3 is 19.7 Å². The number of ether oxygens (including phenoxy) is 2. The molecule has 1 saturated carbocycles. The van der Waals surface area contributed by atoms with E-state index in [-0.39, 0.29) is 24.2 Å². The summed E-state index contributed by atoms with van der Waals surface area (Å²) in [7, 11) is 0. The van der Waals surface area contributed by atoms with Crippen molar-refractivity contribution < 1.29 is 19.1 Å². The molecule has 6 heteroatoms. The lowest BCUT2D eigenvalue weighted by atomic mass is 10.1. The minimum absolute atomic E-state index is 0.0627. The number of hydrogen-bond acceptors (Lipinski definition) is 4. The van der Waals surface area contributed by atoms with Gasteiger partial charge in [0.05, 0.1) is 5.92 Å². The zero-order chi connectivity index (χ0) is 18.3. The number of nitrogens with zero attached hydrogens (tertiary/aromatic N) is 1. The molecule has 2 amide bonds. The van der Waals surface area contributed by atoms with Crippen LogP contribution in [-0.4, -0.2) is 35.6 Å². The normalized spacial score (nSPS) is 23.3. The Bertz CT molecular complexity index is 725. The van der Waals surface area contributed by atoms with Crippen LogP contribution in [0.4, 0.5) is 5.69 Å². The van der Waals surface area contributed by atoms with Crippen molar-refractivity contribution >= 4 is 17.5 Å². The first-order chi connectivity index (χ1) is 12.4. The number of hydrogen-bond donors (Lipinski definition) is 1. The number of nitrogens with one attached hydrogen (secondary N) is 1. The molecule has 2 aliphatic heterocycles. The molecule has 0 radical (unpaired) electrons. The van der Waals surface area contributed by atoms with Gasteiger partial charge in [-0.25, -0.2) is 0 Å². The summed E-state index contributed by atoms with van der Waals surface area (Å²) in [5.74, 6) is 0.982. The fourth-order valence-electron chi connectivity index (χ4n) is 4.10. The van der Waals surface area contributed by atoms with E-state index in [1.807, 2.05) is 18.2 Å². The van der Waals surface area contributed by atoms with Crippen LogP contribution in [0.5, 0.6) is 11.5 Å². The first kappa shape index (κ1) is 17.2. The van der Waals surface area contributed by atoms with Crippen molar-refractivity contribution in [2.45, 2.75) is 51.7 Å². The zero-order valence-corrected chi connectivity index (χ0v) is 15.4. The van der Waals surface area contributed by atoms with Gasteiger partial charge in [-0.2, -0.15) is 0 Å². The quantitative estimate of drug-likeness (QED) is 0.898. The largest absolute Gasteiger partial charge is 0.448 e. The van der Waals surface area contributed by atoms with Crippen LogP contribution in [0.15, 0.2) is 18.2 Å². The van der Waals surface area contributed by atoms with E-state index in [9.17, 15) is 9.59 Å². The number of anilines is 1. The Morgan fingerprint density at radius 2 is 2.00 bits per heavy atom. The van der Waals surface area contributed by atoms with Crippen LogP contribution in [-0.2, 0) is 9.59 Å². The summed E-state index contributed by atoms with van der Waals surface area (Å²) in [6, 6.07) is 5.50. The van der Waals surface area contributed by atoms with Crippen LogP contribution in [0.25, 0.3) is 0 Å². The molecule has 140 valence electrons. The standard InChI is InChI=1S/C20H26N2O4/c1-13(2)11-22-12-14(9-18(22)23)19(24)21-15-5-6-16-17(10-15)26-20(25-16)7-3-4-8-20/h5-6,10,13-14H,3-4,7-9,11-12H2,1-2H3,(H,21,24)/t14-/m1/s1. The Hall–Kier alpha value is -2.24. The molecule has 0 aromatic heterocycles. The minimum atomic E-state index is -0.500. The second-order valence-corrected chi connectivity index (χ2v) is 8.07. The van der Waals surface area contributed by atoms with Gasteiger partial charge in [-0.1, -0.05) is 13.8 Å². The molecule has 4 rings (SSSR count). The van der Waals surface area contributed by atoms with Gasteiger partial charge in [-0.15, -0.1) is 0 Å². The third-order valence-corrected chi connectivity index (χ3v) is 5.34.